The van der Waals surface area contributed by atoms with E-state index in [-0.39, 0.29) is 6.04 Å². The minimum Gasteiger partial charge on any atom is -0.307 e. The minimum absolute atomic E-state index is 0.181. The molecule has 1 nitrogen and oxygen atoms in total. The van der Waals surface area contributed by atoms with Crippen LogP contribution < -0.4 is 5.32 Å². The summed E-state index contributed by atoms with van der Waals surface area (Å²) in [5.74, 6) is -1.54. The molecular weight excluding hydrogens is 184 g/mol. The Labute approximate surface area is 82.1 Å². The number of rotatable bonds is 1. The van der Waals surface area contributed by atoms with Crippen LogP contribution in [0.5, 0.6) is 0 Å². The molecule has 2 atom stereocenters. The zero-order valence-corrected chi connectivity index (χ0v) is 8.06. The van der Waals surface area contributed by atoms with Gasteiger partial charge in [0.1, 0.15) is 0 Å². The number of nitrogens with one attached hydrogen (secondary N) is 1. The van der Waals surface area contributed by atoms with Gasteiger partial charge in [0.15, 0.2) is 11.6 Å². The van der Waals surface area contributed by atoms with Crippen molar-refractivity contribution in [2.24, 2.45) is 0 Å². The zero-order chi connectivity index (χ0) is 10.1. The Balaban J connectivity index is 2.20. The monoisotopic (exact) mass is 197 g/mol. The van der Waals surface area contributed by atoms with Gasteiger partial charge in [-0.15, -0.1) is 0 Å². The third-order valence-electron chi connectivity index (χ3n) is 2.72. The molecule has 0 amide bonds. The van der Waals surface area contributed by atoms with E-state index in [4.69, 9.17) is 0 Å². The van der Waals surface area contributed by atoms with E-state index >= 15 is 0 Å². The molecule has 2 rings (SSSR count). The van der Waals surface area contributed by atoms with Crippen molar-refractivity contribution in [3.63, 3.8) is 0 Å². The molecule has 0 aromatic heterocycles. The summed E-state index contributed by atoms with van der Waals surface area (Å²) in [5.41, 5.74) is 0.841. The van der Waals surface area contributed by atoms with Crippen molar-refractivity contribution < 1.29 is 8.78 Å². The lowest BCUT2D eigenvalue weighted by molar-refractivity contribution is 0.502. The van der Waals surface area contributed by atoms with E-state index in [0.717, 1.165) is 18.4 Å². The molecule has 0 spiro atoms. The fourth-order valence-corrected chi connectivity index (χ4v) is 1.92. The van der Waals surface area contributed by atoms with Gasteiger partial charge in [0.05, 0.1) is 0 Å². The fourth-order valence-electron chi connectivity index (χ4n) is 1.92. The predicted molar refractivity (Wildman–Crippen MR) is 50.9 cm³/mol. The molecule has 1 aromatic carbocycles. The summed E-state index contributed by atoms with van der Waals surface area (Å²) in [4.78, 5) is 0. The topological polar surface area (TPSA) is 12.0 Å². The van der Waals surface area contributed by atoms with Crippen LogP contribution in [0.3, 0.4) is 0 Å². The van der Waals surface area contributed by atoms with Crippen LogP contribution in [0.2, 0.25) is 0 Å². The summed E-state index contributed by atoms with van der Waals surface area (Å²) in [7, 11) is 0. The van der Waals surface area contributed by atoms with Crippen molar-refractivity contribution >= 4 is 0 Å². The van der Waals surface area contributed by atoms with E-state index in [2.05, 4.69) is 12.2 Å². The van der Waals surface area contributed by atoms with Crippen molar-refractivity contribution in [3.05, 3.63) is 35.4 Å². The second-order valence-corrected chi connectivity index (χ2v) is 3.87. The van der Waals surface area contributed by atoms with Crippen LogP contribution in [-0.2, 0) is 0 Å². The van der Waals surface area contributed by atoms with Crippen molar-refractivity contribution in [1.82, 2.24) is 5.32 Å². The van der Waals surface area contributed by atoms with Gasteiger partial charge in [-0.3, -0.25) is 0 Å². The van der Waals surface area contributed by atoms with E-state index in [9.17, 15) is 8.78 Å². The molecule has 0 saturated carbocycles. The molecule has 0 radical (unpaired) electrons. The highest BCUT2D eigenvalue weighted by Crippen LogP contribution is 2.26. The standard InChI is InChI=1S/C11H13F2N/c1-7-2-5-11(14-7)8-3-4-9(12)10(13)6-8/h3-4,6-7,11,14H,2,5H2,1H3/t7-,11-/m1/s1. The summed E-state index contributed by atoms with van der Waals surface area (Å²) in [6, 6.07) is 4.77. The van der Waals surface area contributed by atoms with Crippen molar-refractivity contribution in [1.29, 1.82) is 0 Å². The molecule has 3 heteroatoms. The molecule has 0 unspecified atom stereocenters. The van der Waals surface area contributed by atoms with Crippen LogP contribution in [0.25, 0.3) is 0 Å². The Bertz CT molecular complexity index is 338. The summed E-state index contributed by atoms with van der Waals surface area (Å²) >= 11 is 0. The second kappa shape index (κ2) is 3.65. The van der Waals surface area contributed by atoms with Gasteiger partial charge in [-0.1, -0.05) is 6.07 Å². The maximum Gasteiger partial charge on any atom is 0.159 e. The highest BCUT2D eigenvalue weighted by atomic mass is 19.2. The summed E-state index contributed by atoms with van der Waals surface area (Å²) in [6.07, 6.45) is 2.08. The van der Waals surface area contributed by atoms with Crippen LogP contribution in [-0.4, -0.2) is 6.04 Å². The van der Waals surface area contributed by atoms with Crippen molar-refractivity contribution in [2.75, 3.05) is 0 Å². The molecule has 1 aromatic rings. The van der Waals surface area contributed by atoms with E-state index in [1.807, 2.05) is 0 Å². The molecule has 1 aliphatic rings. The average Bonchev–Trinajstić information content (AvgIpc) is 2.57. The fraction of sp³-hybridized carbons (Fsp3) is 0.455. The quantitative estimate of drug-likeness (QED) is 0.730. The second-order valence-electron chi connectivity index (χ2n) is 3.87. The maximum absolute atomic E-state index is 12.9. The molecule has 1 saturated heterocycles. The Hall–Kier alpha value is -0.960. The van der Waals surface area contributed by atoms with Gasteiger partial charge in [0, 0.05) is 12.1 Å². The van der Waals surface area contributed by atoms with Crippen LogP contribution in [0.15, 0.2) is 18.2 Å². The van der Waals surface area contributed by atoms with Crippen molar-refractivity contribution in [2.45, 2.75) is 31.8 Å². The van der Waals surface area contributed by atoms with E-state index in [1.165, 1.54) is 12.1 Å². The third kappa shape index (κ3) is 1.77. The third-order valence-corrected chi connectivity index (χ3v) is 2.72. The molecule has 0 bridgehead atoms. The van der Waals surface area contributed by atoms with Crippen LogP contribution in [0.4, 0.5) is 8.78 Å². The maximum atomic E-state index is 12.9. The van der Waals surface area contributed by atoms with Crippen LogP contribution in [0.1, 0.15) is 31.4 Å². The van der Waals surface area contributed by atoms with Gasteiger partial charge in [0.2, 0.25) is 0 Å². The number of hydrogen-bond acceptors (Lipinski definition) is 1. The highest BCUT2D eigenvalue weighted by molar-refractivity contribution is 5.22. The van der Waals surface area contributed by atoms with Gasteiger partial charge in [-0.2, -0.15) is 0 Å². The number of halogens is 2. The Kier molecular flexibility index (Phi) is 2.50. The molecule has 1 N–H and O–H groups in total. The molecular formula is C11H13F2N. The summed E-state index contributed by atoms with van der Waals surface area (Å²) in [5, 5.41) is 3.33. The Morgan fingerprint density at radius 1 is 1.21 bits per heavy atom. The zero-order valence-electron chi connectivity index (χ0n) is 8.06. The van der Waals surface area contributed by atoms with Gasteiger partial charge >= 0.3 is 0 Å². The Morgan fingerprint density at radius 3 is 2.57 bits per heavy atom. The summed E-state index contributed by atoms with van der Waals surface area (Å²) < 4.78 is 25.6. The molecule has 76 valence electrons. The Morgan fingerprint density at radius 2 is 2.00 bits per heavy atom. The van der Waals surface area contributed by atoms with Gasteiger partial charge in [-0.05, 0) is 37.5 Å². The SMILES string of the molecule is C[C@@H]1CC[C@H](c2ccc(F)c(F)c2)N1. The lowest BCUT2D eigenvalue weighted by Gasteiger charge is -2.12. The first kappa shape index (κ1) is 9.59. The summed E-state index contributed by atoms with van der Waals surface area (Å²) in [6.45, 7) is 2.10. The van der Waals surface area contributed by atoms with E-state index in [0.29, 0.717) is 6.04 Å². The first-order valence-electron chi connectivity index (χ1n) is 4.88. The first-order valence-corrected chi connectivity index (χ1v) is 4.88. The largest absolute Gasteiger partial charge is 0.307 e. The smallest absolute Gasteiger partial charge is 0.159 e. The molecule has 1 fully saturated rings. The molecule has 0 aliphatic carbocycles. The van der Waals surface area contributed by atoms with E-state index < -0.39 is 11.6 Å². The molecule has 1 aliphatic heterocycles. The van der Waals surface area contributed by atoms with Crippen LogP contribution in [0, 0.1) is 11.6 Å². The number of benzene rings is 1. The minimum atomic E-state index is -0.778. The van der Waals surface area contributed by atoms with Gasteiger partial charge in [0.25, 0.3) is 0 Å². The normalized spacial score (nSPS) is 26.8. The van der Waals surface area contributed by atoms with Gasteiger partial charge in [-0.25, -0.2) is 8.78 Å². The molecule has 1 heterocycles. The lowest BCUT2D eigenvalue weighted by atomic mass is 10.1. The van der Waals surface area contributed by atoms with Crippen molar-refractivity contribution in [3.8, 4) is 0 Å². The lowest BCUT2D eigenvalue weighted by Crippen LogP contribution is -2.20. The molecule has 14 heavy (non-hydrogen) atoms. The highest BCUT2D eigenvalue weighted by Gasteiger charge is 2.22. The number of hydrogen-bond donors (Lipinski definition) is 1. The first-order chi connectivity index (χ1) is 6.66. The van der Waals surface area contributed by atoms with Crippen LogP contribution >= 0.6 is 0 Å². The predicted octanol–water partition coefficient (Wildman–Crippen LogP) is 2.78. The van der Waals surface area contributed by atoms with Gasteiger partial charge < -0.3 is 5.32 Å². The average molecular weight is 197 g/mol. The van der Waals surface area contributed by atoms with E-state index in [1.54, 1.807) is 6.07 Å².